The molecule has 0 bridgehead atoms. The fraction of sp³-hybridized carbons (Fsp3) is 0.615. The molecule has 1 aliphatic carbocycles. The Morgan fingerprint density at radius 2 is 2.40 bits per heavy atom. The molecule has 0 amide bonds. The molecule has 1 unspecified atom stereocenters. The van der Waals surface area contributed by atoms with Crippen molar-refractivity contribution in [2.24, 2.45) is 11.3 Å². The van der Waals surface area contributed by atoms with Crippen LogP contribution in [0.1, 0.15) is 38.9 Å². The summed E-state index contributed by atoms with van der Waals surface area (Å²) in [6.07, 6.45) is 5.49. The van der Waals surface area contributed by atoms with Gasteiger partial charge in [0.2, 0.25) is 0 Å². The highest BCUT2D eigenvalue weighted by atomic mass is 16.3. The maximum Gasteiger partial charge on any atom is 0.144 e. The lowest BCUT2D eigenvalue weighted by atomic mass is 9.78. The fourth-order valence-corrected chi connectivity index (χ4v) is 2.63. The number of Topliss-reactive ketones (excluding diaryl/α,β-unsaturated/α-hetero) is 1. The van der Waals surface area contributed by atoms with Crippen LogP contribution in [0.15, 0.2) is 22.8 Å². The van der Waals surface area contributed by atoms with Crippen molar-refractivity contribution < 1.29 is 9.21 Å². The van der Waals surface area contributed by atoms with E-state index < -0.39 is 0 Å². The molecule has 1 heterocycles. The molecule has 1 atom stereocenters. The molecule has 1 saturated carbocycles. The van der Waals surface area contributed by atoms with Gasteiger partial charge in [-0.3, -0.25) is 4.79 Å². The van der Waals surface area contributed by atoms with Crippen LogP contribution in [0.4, 0.5) is 0 Å². The predicted molar refractivity (Wildman–Crippen MR) is 58.5 cm³/mol. The van der Waals surface area contributed by atoms with Gasteiger partial charge in [0.05, 0.1) is 12.7 Å². The summed E-state index contributed by atoms with van der Waals surface area (Å²) in [4.78, 5) is 12.1. The van der Waals surface area contributed by atoms with Crippen molar-refractivity contribution in [1.29, 1.82) is 0 Å². The molecule has 2 heteroatoms. The number of carbonyl (C=O) groups excluding carboxylic acids is 1. The van der Waals surface area contributed by atoms with Crippen LogP contribution < -0.4 is 0 Å². The van der Waals surface area contributed by atoms with Crippen LogP contribution in [0.2, 0.25) is 0 Å². The first-order valence-electron chi connectivity index (χ1n) is 5.65. The number of furan rings is 1. The van der Waals surface area contributed by atoms with Crippen molar-refractivity contribution in [3.8, 4) is 0 Å². The van der Waals surface area contributed by atoms with E-state index in [1.165, 1.54) is 12.8 Å². The number of hydrogen-bond donors (Lipinski definition) is 0. The van der Waals surface area contributed by atoms with Gasteiger partial charge < -0.3 is 4.42 Å². The van der Waals surface area contributed by atoms with Crippen LogP contribution in [0.25, 0.3) is 0 Å². The van der Waals surface area contributed by atoms with Gasteiger partial charge in [0.25, 0.3) is 0 Å². The molecule has 0 aromatic carbocycles. The minimum absolute atomic E-state index is 0.184. The molecule has 1 aliphatic rings. The van der Waals surface area contributed by atoms with E-state index in [0.717, 1.165) is 12.2 Å². The quantitative estimate of drug-likeness (QED) is 0.760. The second kappa shape index (κ2) is 3.84. The zero-order chi connectivity index (χ0) is 10.9. The molecular formula is C13H18O2. The Kier molecular flexibility index (Phi) is 2.68. The molecule has 15 heavy (non-hydrogen) atoms. The van der Waals surface area contributed by atoms with Crippen molar-refractivity contribution in [2.45, 2.75) is 39.5 Å². The standard InChI is InChI=1S/C13H18O2/c1-13(2)7-3-6-11(13)12(14)9-10-5-4-8-15-10/h4-5,8,11H,3,6-7,9H2,1-2H3. The molecule has 0 saturated heterocycles. The lowest BCUT2D eigenvalue weighted by Crippen LogP contribution is -2.26. The summed E-state index contributed by atoms with van der Waals surface area (Å²) in [6, 6.07) is 3.71. The van der Waals surface area contributed by atoms with Gasteiger partial charge in [0, 0.05) is 5.92 Å². The van der Waals surface area contributed by atoms with Crippen LogP contribution in [0.3, 0.4) is 0 Å². The van der Waals surface area contributed by atoms with Gasteiger partial charge in [-0.1, -0.05) is 20.3 Å². The van der Waals surface area contributed by atoms with Gasteiger partial charge in [-0.2, -0.15) is 0 Å². The molecule has 0 aliphatic heterocycles. The number of rotatable bonds is 3. The summed E-state index contributed by atoms with van der Waals surface area (Å²) >= 11 is 0. The molecule has 0 spiro atoms. The molecule has 1 aromatic rings. The van der Waals surface area contributed by atoms with Crippen molar-refractivity contribution in [1.82, 2.24) is 0 Å². The van der Waals surface area contributed by atoms with E-state index in [2.05, 4.69) is 13.8 Å². The highest BCUT2D eigenvalue weighted by Crippen LogP contribution is 2.43. The van der Waals surface area contributed by atoms with Crippen LogP contribution >= 0.6 is 0 Å². The minimum Gasteiger partial charge on any atom is -0.469 e. The average molecular weight is 206 g/mol. The van der Waals surface area contributed by atoms with E-state index in [9.17, 15) is 4.79 Å². The SMILES string of the molecule is CC1(C)CCCC1C(=O)Cc1ccco1. The molecule has 2 rings (SSSR count). The van der Waals surface area contributed by atoms with Gasteiger partial charge in [-0.25, -0.2) is 0 Å². The van der Waals surface area contributed by atoms with Gasteiger partial charge in [0.15, 0.2) is 0 Å². The van der Waals surface area contributed by atoms with Gasteiger partial charge >= 0.3 is 0 Å². The summed E-state index contributed by atoms with van der Waals surface area (Å²) in [7, 11) is 0. The first-order valence-corrected chi connectivity index (χ1v) is 5.65. The Bertz CT molecular complexity index is 335. The summed E-state index contributed by atoms with van der Waals surface area (Å²) < 4.78 is 5.21. The van der Waals surface area contributed by atoms with Crippen LogP contribution in [0, 0.1) is 11.3 Å². The monoisotopic (exact) mass is 206 g/mol. The summed E-state index contributed by atoms with van der Waals surface area (Å²) in [5.74, 6) is 1.36. The normalized spacial score (nSPS) is 24.3. The minimum atomic E-state index is 0.184. The Labute approximate surface area is 90.7 Å². The Morgan fingerprint density at radius 1 is 1.60 bits per heavy atom. The van der Waals surface area contributed by atoms with Gasteiger partial charge in [-0.05, 0) is 30.4 Å². The first-order chi connectivity index (χ1) is 7.09. The van der Waals surface area contributed by atoms with E-state index in [4.69, 9.17) is 4.42 Å². The van der Waals surface area contributed by atoms with E-state index in [0.29, 0.717) is 12.2 Å². The van der Waals surface area contributed by atoms with Crippen LogP contribution in [-0.2, 0) is 11.2 Å². The van der Waals surface area contributed by atoms with Crippen LogP contribution in [-0.4, -0.2) is 5.78 Å². The van der Waals surface area contributed by atoms with Gasteiger partial charge in [0.1, 0.15) is 11.5 Å². The van der Waals surface area contributed by atoms with Crippen LogP contribution in [0.5, 0.6) is 0 Å². The smallest absolute Gasteiger partial charge is 0.144 e. The van der Waals surface area contributed by atoms with Gasteiger partial charge in [-0.15, -0.1) is 0 Å². The highest BCUT2D eigenvalue weighted by molar-refractivity contribution is 5.83. The summed E-state index contributed by atoms with van der Waals surface area (Å²) in [6.45, 7) is 4.40. The first kappa shape index (κ1) is 10.5. The topological polar surface area (TPSA) is 30.2 Å². The molecule has 0 N–H and O–H groups in total. The fourth-order valence-electron chi connectivity index (χ4n) is 2.63. The third-order valence-electron chi connectivity index (χ3n) is 3.57. The molecule has 1 aromatic heterocycles. The second-order valence-electron chi connectivity index (χ2n) is 5.16. The maximum absolute atomic E-state index is 12.1. The number of hydrogen-bond acceptors (Lipinski definition) is 2. The average Bonchev–Trinajstić information content (AvgIpc) is 2.73. The lowest BCUT2D eigenvalue weighted by Gasteiger charge is -2.25. The summed E-state index contributed by atoms with van der Waals surface area (Å²) in [5.41, 5.74) is 0.184. The van der Waals surface area contributed by atoms with Crippen molar-refractivity contribution in [2.75, 3.05) is 0 Å². The zero-order valence-corrected chi connectivity index (χ0v) is 9.45. The largest absolute Gasteiger partial charge is 0.469 e. The van der Waals surface area contributed by atoms with Crippen molar-refractivity contribution >= 4 is 5.78 Å². The molecule has 82 valence electrons. The van der Waals surface area contributed by atoms with E-state index >= 15 is 0 Å². The Morgan fingerprint density at radius 3 is 2.93 bits per heavy atom. The van der Waals surface area contributed by atoms with Crippen molar-refractivity contribution in [3.63, 3.8) is 0 Å². The van der Waals surface area contributed by atoms with E-state index in [-0.39, 0.29) is 11.3 Å². The number of carbonyl (C=O) groups is 1. The van der Waals surface area contributed by atoms with E-state index in [1.54, 1.807) is 6.26 Å². The Hall–Kier alpha value is -1.05. The maximum atomic E-state index is 12.1. The number of ketones is 1. The highest BCUT2D eigenvalue weighted by Gasteiger charge is 2.38. The molecular weight excluding hydrogens is 188 g/mol. The zero-order valence-electron chi connectivity index (χ0n) is 9.45. The summed E-state index contributed by atoms with van der Waals surface area (Å²) in [5, 5.41) is 0. The third kappa shape index (κ3) is 2.14. The Balaban J connectivity index is 2.02. The van der Waals surface area contributed by atoms with E-state index in [1.807, 2.05) is 12.1 Å². The molecule has 1 fully saturated rings. The lowest BCUT2D eigenvalue weighted by molar-refractivity contribution is -0.124. The molecule has 0 radical (unpaired) electrons. The third-order valence-corrected chi connectivity index (χ3v) is 3.57. The molecule has 2 nitrogen and oxygen atoms in total. The second-order valence-corrected chi connectivity index (χ2v) is 5.16. The predicted octanol–water partition coefficient (Wildman–Crippen LogP) is 3.22. The van der Waals surface area contributed by atoms with Crippen molar-refractivity contribution in [3.05, 3.63) is 24.2 Å².